The summed E-state index contributed by atoms with van der Waals surface area (Å²) in [4.78, 5) is 4.68. The molecule has 1 aromatic heterocycles. The fraction of sp³-hybridized carbons (Fsp3) is 0.300. The predicted octanol–water partition coefficient (Wildman–Crippen LogP) is 4.10. The second-order valence-electron chi connectivity index (χ2n) is 6.74. The summed E-state index contributed by atoms with van der Waals surface area (Å²) in [6.07, 6.45) is 0. The molecule has 1 fully saturated rings. The molecule has 0 radical (unpaired) electrons. The number of nitrogens with zero attached hydrogens (tertiary/aromatic N) is 4. The summed E-state index contributed by atoms with van der Waals surface area (Å²) < 4.78 is 21.3. The fourth-order valence-electron chi connectivity index (χ4n) is 3.24. The molecule has 5 nitrogen and oxygen atoms in total. The van der Waals surface area contributed by atoms with Crippen LogP contribution >= 0.6 is 12.2 Å². The van der Waals surface area contributed by atoms with Crippen molar-refractivity contribution >= 4 is 17.9 Å². The molecule has 1 saturated heterocycles. The zero-order valence-electron chi connectivity index (χ0n) is 15.1. The third kappa shape index (κ3) is 3.94. The van der Waals surface area contributed by atoms with Crippen molar-refractivity contribution in [2.24, 2.45) is 0 Å². The summed E-state index contributed by atoms with van der Waals surface area (Å²) in [6, 6.07) is 14.9. The molecule has 1 aliphatic heterocycles. The van der Waals surface area contributed by atoms with Crippen LogP contribution in [0.3, 0.4) is 0 Å². The van der Waals surface area contributed by atoms with E-state index >= 15 is 0 Å². The molecule has 2 aromatic carbocycles. The summed E-state index contributed by atoms with van der Waals surface area (Å²) in [5, 5.41) is 4.53. The molecular weight excluding hydrogens is 363 g/mol. The van der Waals surface area contributed by atoms with Gasteiger partial charge in [0.15, 0.2) is 0 Å². The van der Waals surface area contributed by atoms with Crippen molar-refractivity contribution in [2.75, 3.05) is 31.1 Å². The molecule has 3 aromatic rings. The Kier molecular flexibility index (Phi) is 5.05. The molecule has 1 aliphatic rings. The molecule has 0 bridgehead atoms. The first-order valence-corrected chi connectivity index (χ1v) is 9.38. The highest BCUT2D eigenvalue weighted by molar-refractivity contribution is 7.71. The van der Waals surface area contributed by atoms with Gasteiger partial charge >= 0.3 is 0 Å². The van der Waals surface area contributed by atoms with E-state index in [2.05, 4.69) is 14.9 Å². The number of hydrogen-bond acceptors (Lipinski definition) is 5. The highest BCUT2D eigenvalue weighted by Crippen LogP contribution is 2.21. The molecule has 140 valence electrons. The maximum atomic E-state index is 14.0. The minimum absolute atomic E-state index is 0.174. The van der Waals surface area contributed by atoms with Crippen LogP contribution in [-0.4, -0.2) is 40.9 Å². The van der Waals surface area contributed by atoms with Crippen LogP contribution in [0.4, 0.5) is 10.1 Å². The molecule has 0 N–H and O–H groups in total. The van der Waals surface area contributed by atoms with Crippen molar-refractivity contribution in [3.63, 3.8) is 0 Å². The normalized spacial score (nSPS) is 15.3. The van der Waals surface area contributed by atoms with E-state index in [1.807, 2.05) is 43.3 Å². The Bertz CT molecular complexity index is 974. The van der Waals surface area contributed by atoms with Crippen molar-refractivity contribution in [1.29, 1.82) is 0 Å². The molecular formula is C20H21FN4OS. The van der Waals surface area contributed by atoms with Gasteiger partial charge in [-0.1, -0.05) is 29.8 Å². The lowest BCUT2D eigenvalue weighted by molar-refractivity contribution is 0.192. The van der Waals surface area contributed by atoms with E-state index in [0.717, 1.165) is 31.7 Å². The zero-order valence-corrected chi connectivity index (χ0v) is 16.0. The number of anilines is 1. The first-order chi connectivity index (χ1) is 13.1. The molecule has 0 spiro atoms. The Morgan fingerprint density at radius 1 is 1.04 bits per heavy atom. The number of piperazine rings is 1. The third-order valence-corrected chi connectivity index (χ3v) is 5.10. The summed E-state index contributed by atoms with van der Waals surface area (Å²) in [5.41, 5.74) is 2.76. The Hall–Kier alpha value is -2.51. The topological polar surface area (TPSA) is 37.4 Å². The average Bonchev–Trinajstić information content (AvgIpc) is 3.04. The summed E-state index contributed by atoms with van der Waals surface area (Å²) >= 11 is 5.33. The van der Waals surface area contributed by atoms with Crippen molar-refractivity contribution in [3.05, 3.63) is 64.7 Å². The van der Waals surface area contributed by atoms with E-state index in [4.69, 9.17) is 16.6 Å². The van der Waals surface area contributed by atoms with Gasteiger partial charge < -0.3 is 9.32 Å². The van der Waals surface area contributed by atoms with Gasteiger partial charge in [0.1, 0.15) is 5.82 Å². The SMILES string of the molecule is Cc1ccc(-c2nn(CN3CCN(c4ccccc4F)CC3)c(=S)o2)cc1. The second kappa shape index (κ2) is 7.62. The standard InChI is InChI=1S/C20H21FN4OS/c1-15-6-8-16(9-7-15)19-22-25(20(27)26-19)14-23-10-12-24(13-11-23)18-5-3-2-4-17(18)21/h2-9H,10-14H2,1H3. The molecule has 0 saturated carbocycles. The van der Waals surface area contributed by atoms with Crippen LogP contribution in [0, 0.1) is 17.6 Å². The van der Waals surface area contributed by atoms with E-state index in [1.165, 1.54) is 11.6 Å². The van der Waals surface area contributed by atoms with Crippen molar-refractivity contribution in [1.82, 2.24) is 14.7 Å². The summed E-state index contributed by atoms with van der Waals surface area (Å²) in [6.45, 7) is 5.75. The maximum Gasteiger partial charge on any atom is 0.288 e. The van der Waals surface area contributed by atoms with Crippen LogP contribution in [0.2, 0.25) is 0 Å². The Labute approximate surface area is 162 Å². The van der Waals surface area contributed by atoms with Crippen LogP contribution in [0.1, 0.15) is 5.56 Å². The lowest BCUT2D eigenvalue weighted by atomic mass is 10.1. The second-order valence-corrected chi connectivity index (χ2v) is 7.09. The smallest absolute Gasteiger partial charge is 0.288 e. The lowest BCUT2D eigenvalue weighted by Crippen LogP contribution is -2.47. The number of hydrogen-bond donors (Lipinski definition) is 0. The molecule has 2 heterocycles. The van der Waals surface area contributed by atoms with Crippen LogP contribution in [0.25, 0.3) is 11.5 Å². The van der Waals surface area contributed by atoms with Crippen molar-refractivity contribution in [2.45, 2.75) is 13.6 Å². The maximum absolute atomic E-state index is 14.0. The number of rotatable bonds is 4. The monoisotopic (exact) mass is 384 g/mol. The minimum Gasteiger partial charge on any atom is -0.409 e. The number of benzene rings is 2. The first-order valence-electron chi connectivity index (χ1n) is 8.97. The van der Waals surface area contributed by atoms with E-state index in [0.29, 0.717) is 23.1 Å². The summed E-state index contributed by atoms with van der Waals surface area (Å²) in [5.74, 6) is 0.359. The molecule has 0 unspecified atom stereocenters. The van der Waals surface area contributed by atoms with Gasteiger partial charge in [0, 0.05) is 31.7 Å². The predicted molar refractivity (Wildman–Crippen MR) is 106 cm³/mol. The van der Waals surface area contributed by atoms with Gasteiger partial charge in [0.25, 0.3) is 4.84 Å². The molecule has 0 atom stereocenters. The van der Waals surface area contributed by atoms with Gasteiger partial charge in [-0.05, 0) is 43.4 Å². The molecule has 0 aliphatic carbocycles. The molecule has 27 heavy (non-hydrogen) atoms. The molecule has 0 amide bonds. The lowest BCUT2D eigenvalue weighted by Gasteiger charge is -2.35. The fourth-order valence-corrected chi connectivity index (χ4v) is 3.41. The summed E-state index contributed by atoms with van der Waals surface area (Å²) in [7, 11) is 0. The first kappa shape index (κ1) is 17.9. The highest BCUT2D eigenvalue weighted by Gasteiger charge is 2.20. The van der Waals surface area contributed by atoms with Crippen LogP contribution < -0.4 is 4.90 Å². The Balaban J connectivity index is 1.41. The van der Waals surface area contributed by atoms with E-state index in [-0.39, 0.29) is 5.82 Å². The van der Waals surface area contributed by atoms with Gasteiger partial charge in [0.05, 0.1) is 12.4 Å². The molecule has 7 heteroatoms. The largest absolute Gasteiger partial charge is 0.409 e. The number of halogens is 1. The van der Waals surface area contributed by atoms with Crippen molar-refractivity contribution in [3.8, 4) is 11.5 Å². The number of para-hydroxylation sites is 1. The van der Waals surface area contributed by atoms with Crippen LogP contribution in [0.15, 0.2) is 52.9 Å². The Morgan fingerprint density at radius 3 is 2.44 bits per heavy atom. The Morgan fingerprint density at radius 2 is 1.74 bits per heavy atom. The van der Waals surface area contributed by atoms with E-state index in [9.17, 15) is 4.39 Å². The highest BCUT2D eigenvalue weighted by atomic mass is 32.1. The zero-order chi connectivity index (χ0) is 18.8. The van der Waals surface area contributed by atoms with Crippen LogP contribution in [-0.2, 0) is 6.67 Å². The van der Waals surface area contributed by atoms with Gasteiger partial charge in [0.2, 0.25) is 5.89 Å². The van der Waals surface area contributed by atoms with Crippen molar-refractivity contribution < 1.29 is 8.81 Å². The van der Waals surface area contributed by atoms with Gasteiger partial charge in [-0.3, -0.25) is 4.90 Å². The minimum atomic E-state index is -0.174. The van der Waals surface area contributed by atoms with Gasteiger partial charge in [-0.25, -0.2) is 9.07 Å². The van der Waals surface area contributed by atoms with Gasteiger partial charge in [-0.15, -0.1) is 5.10 Å². The van der Waals surface area contributed by atoms with E-state index in [1.54, 1.807) is 10.7 Å². The third-order valence-electron chi connectivity index (χ3n) is 4.80. The number of aromatic nitrogens is 2. The average molecular weight is 384 g/mol. The van der Waals surface area contributed by atoms with E-state index < -0.39 is 0 Å². The van der Waals surface area contributed by atoms with Crippen LogP contribution in [0.5, 0.6) is 0 Å². The van der Waals surface area contributed by atoms with Gasteiger partial charge in [-0.2, -0.15) is 0 Å². The molecule has 4 rings (SSSR count). The number of aryl methyl sites for hydroxylation is 1. The quantitative estimate of drug-likeness (QED) is 0.633.